The number of nitrogens with zero attached hydrogens (tertiary/aromatic N) is 2. The first kappa shape index (κ1) is 22.3. The van der Waals surface area contributed by atoms with Crippen LogP contribution in [0.2, 0.25) is 0 Å². The van der Waals surface area contributed by atoms with E-state index in [0.717, 1.165) is 42.4 Å². The Morgan fingerprint density at radius 2 is 1.28 bits per heavy atom. The Morgan fingerprint density at radius 3 is 1.78 bits per heavy atom. The van der Waals surface area contributed by atoms with E-state index in [1.54, 1.807) is 0 Å². The molecule has 0 spiro atoms. The molecule has 0 amide bonds. The zero-order valence-electron chi connectivity index (χ0n) is 18.6. The number of rotatable bonds is 8. The van der Waals surface area contributed by atoms with Gasteiger partial charge in [0, 0.05) is 6.54 Å². The van der Waals surface area contributed by atoms with Gasteiger partial charge in [-0.2, -0.15) is 5.26 Å². The Hall–Kier alpha value is -2.93. The lowest BCUT2D eigenvalue weighted by molar-refractivity contribution is 0.00603. The molecule has 0 bridgehead atoms. The molecular formula is C29H32N2O. The predicted molar refractivity (Wildman–Crippen MR) is 129 cm³/mol. The smallest absolute Gasteiger partial charge is 0.125 e. The molecule has 3 aromatic carbocycles. The van der Waals surface area contributed by atoms with Gasteiger partial charge in [0.05, 0.1) is 18.2 Å². The summed E-state index contributed by atoms with van der Waals surface area (Å²) in [6.45, 7) is 0.595. The van der Waals surface area contributed by atoms with Crippen molar-refractivity contribution in [1.29, 1.82) is 5.26 Å². The Bertz CT molecular complexity index is 938. The fraction of sp³-hybridized carbons (Fsp3) is 0.345. The second-order valence-corrected chi connectivity index (χ2v) is 8.84. The molecule has 1 fully saturated rings. The number of aliphatic hydroxyl groups excluding tert-OH is 1. The molecule has 0 saturated heterocycles. The summed E-state index contributed by atoms with van der Waals surface area (Å²) in [7, 11) is 0. The van der Waals surface area contributed by atoms with Crippen LogP contribution in [0, 0.1) is 17.2 Å². The summed E-state index contributed by atoms with van der Waals surface area (Å²) in [6, 6.07) is 32.8. The Labute approximate surface area is 192 Å². The highest BCUT2D eigenvalue weighted by molar-refractivity contribution is 5.33. The summed E-state index contributed by atoms with van der Waals surface area (Å²) < 4.78 is 0. The topological polar surface area (TPSA) is 47.3 Å². The minimum atomic E-state index is -0.668. The molecule has 3 heteroatoms. The van der Waals surface area contributed by atoms with E-state index in [0.29, 0.717) is 6.54 Å². The van der Waals surface area contributed by atoms with Crippen LogP contribution in [0.5, 0.6) is 0 Å². The number of aliphatic hydroxyl groups is 1. The van der Waals surface area contributed by atoms with Crippen molar-refractivity contribution in [3.63, 3.8) is 0 Å². The van der Waals surface area contributed by atoms with Crippen molar-refractivity contribution in [1.82, 2.24) is 4.90 Å². The molecular weight excluding hydrogens is 392 g/mol. The molecule has 0 unspecified atom stereocenters. The number of nitriles is 1. The molecule has 1 aliphatic rings. The SMILES string of the molecule is N#C[C@H]([C@@H](O)C1CCCCC1)N(Cc1ccccc1)C(c1ccccc1)c1ccccc1. The van der Waals surface area contributed by atoms with Gasteiger partial charge in [-0.25, -0.2) is 0 Å². The van der Waals surface area contributed by atoms with E-state index in [1.165, 1.54) is 6.42 Å². The van der Waals surface area contributed by atoms with Gasteiger partial charge in [0.25, 0.3) is 0 Å². The quantitative estimate of drug-likeness (QED) is 0.474. The van der Waals surface area contributed by atoms with E-state index in [2.05, 4.69) is 47.4 Å². The third-order valence-electron chi connectivity index (χ3n) is 6.72. The average molecular weight is 425 g/mol. The summed E-state index contributed by atoms with van der Waals surface area (Å²) in [6.07, 6.45) is 4.84. The molecule has 0 heterocycles. The van der Waals surface area contributed by atoms with Crippen molar-refractivity contribution in [2.24, 2.45) is 5.92 Å². The van der Waals surface area contributed by atoms with E-state index < -0.39 is 12.1 Å². The third kappa shape index (κ3) is 5.27. The van der Waals surface area contributed by atoms with Gasteiger partial charge in [0.1, 0.15) is 6.04 Å². The predicted octanol–water partition coefficient (Wildman–Crippen LogP) is 6.11. The lowest BCUT2D eigenvalue weighted by atomic mass is 9.81. The van der Waals surface area contributed by atoms with Crippen molar-refractivity contribution >= 4 is 0 Å². The summed E-state index contributed by atoms with van der Waals surface area (Å²) in [5.41, 5.74) is 3.40. The van der Waals surface area contributed by atoms with Crippen LogP contribution >= 0.6 is 0 Å². The molecule has 2 atom stereocenters. The molecule has 4 rings (SSSR count). The van der Waals surface area contributed by atoms with E-state index in [9.17, 15) is 10.4 Å². The Kier molecular flexibility index (Phi) is 7.72. The highest BCUT2D eigenvalue weighted by atomic mass is 16.3. The molecule has 0 aliphatic heterocycles. The van der Waals surface area contributed by atoms with E-state index in [4.69, 9.17) is 0 Å². The van der Waals surface area contributed by atoms with Gasteiger partial charge in [-0.1, -0.05) is 110 Å². The van der Waals surface area contributed by atoms with Crippen LogP contribution in [0.4, 0.5) is 0 Å². The fourth-order valence-corrected chi connectivity index (χ4v) is 5.07. The van der Waals surface area contributed by atoms with Gasteiger partial charge in [0.2, 0.25) is 0 Å². The first-order valence-corrected chi connectivity index (χ1v) is 11.7. The van der Waals surface area contributed by atoms with Crippen LogP contribution in [0.15, 0.2) is 91.0 Å². The summed E-state index contributed by atoms with van der Waals surface area (Å²) in [5.74, 6) is 0.180. The maximum Gasteiger partial charge on any atom is 0.125 e. The maximum absolute atomic E-state index is 11.5. The first-order valence-electron chi connectivity index (χ1n) is 11.7. The number of hydrogen-bond donors (Lipinski definition) is 1. The van der Waals surface area contributed by atoms with Gasteiger partial charge >= 0.3 is 0 Å². The number of hydrogen-bond acceptors (Lipinski definition) is 3. The molecule has 3 nitrogen and oxygen atoms in total. The minimum absolute atomic E-state index is 0.125. The van der Waals surface area contributed by atoms with E-state index >= 15 is 0 Å². The van der Waals surface area contributed by atoms with Crippen LogP contribution in [-0.2, 0) is 6.54 Å². The molecule has 164 valence electrons. The number of benzene rings is 3. The Morgan fingerprint density at radius 1 is 0.781 bits per heavy atom. The molecule has 1 saturated carbocycles. The summed E-state index contributed by atoms with van der Waals surface area (Å²) in [5, 5.41) is 21.8. The lowest BCUT2D eigenvalue weighted by Crippen LogP contribution is -2.48. The van der Waals surface area contributed by atoms with E-state index in [1.807, 2.05) is 54.6 Å². The zero-order valence-corrected chi connectivity index (χ0v) is 18.6. The van der Waals surface area contributed by atoms with Gasteiger partial charge in [-0.3, -0.25) is 4.90 Å². The van der Waals surface area contributed by atoms with Crippen LogP contribution in [-0.4, -0.2) is 22.2 Å². The van der Waals surface area contributed by atoms with Crippen molar-refractivity contribution in [3.05, 3.63) is 108 Å². The largest absolute Gasteiger partial charge is 0.390 e. The van der Waals surface area contributed by atoms with E-state index in [-0.39, 0.29) is 12.0 Å². The first-order chi connectivity index (χ1) is 15.8. The third-order valence-corrected chi connectivity index (χ3v) is 6.72. The van der Waals surface area contributed by atoms with Crippen LogP contribution in [0.3, 0.4) is 0 Å². The fourth-order valence-electron chi connectivity index (χ4n) is 5.07. The van der Waals surface area contributed by atoms with Crippen molar-refractivity contribution in [2.75, 3.05) is 0 Å². The molecule has 3 aromatic rings. The second-order valence-electron chi connectivity index (χ2n) is 8.84. The summed E-state index contributed by atoms with van der Waals surface area (Å²) in [4.78, 5) is 2.21. The molecule has 1 N–H and O–H groups in total. The minimum Gasteiger partial charge on any atom is -0.390 e. The van der Waals surface area contributed by atoms with Crippen molar-refractivity contribution in [2.45, 2.75) is 56.8 Å². The standard InChI is InChI=1S/C29H32N2O/c30-21-27(29(32)26-19-11-4-12-20-26)31(22-23-13-5-1-6-14-23)28(24-15-7-2-8-16-24)25-17-9-3-10-18-25/h1-3,5-10,13-18,26-29,32H,4,11-12,19-20,22H2/t27-,29+/m1/s1. The zero-order chi connectivity index (χ0) is 22.2. The van der Waals surface area contributed by atoms with Crippen LogP contribution in [0.25, 0.3) is 0 Å². The van der Waals surface area contributed by atoms with Gasteiger partial charge in [-0.15, -0.1) is 0 Å². The van der Waals surface area contributed by atoms with Gasteiger partial charge < -0.3 is 5.11 Å². The normalized spacial score (nSPS) is 16.6. The van der Waals surface area contributed by atoms with Crippen molar-refractivity contribution in [3.8, 4) is 6.07 Å². The maximum atomic E-state index is 11.5. The highest BCUT2D eigenvalue weighted by Gasteiger charge is 2.37. The molecule has 0 radical (unpaired) electrons. The molecule has 0 aromatic heterocycles. The summed E-state index contributed by atoms with van der Waals surface area (Å²) >= 11 is 0. The van der Waals surface area contributed by atoms with Gasteiger partial charge in [0.15, 0.2) is 0 Å². The van der Waals surface area contributed by atoms with Crippen LogP contribution < -0.4 is 0 Å². The van der Waals surface area contributed by atoms with Gasteiger partial charge in [-0.05, 0) is 35.4 Å². The Balaban J connectivity index is 1.77. The van der Waals surface area contributed by atoms with Crippen molar-refractivity contribution < 1.29 is 5.11 Å². The monoisotopic (exact) mass is 424 g/mol. The highest BCUT2D eigenvalue weighted by Crippen LogP contribution is 2.36. The lowest BCUT2D eigenvalue weighted by Gasteiger charge is -2.40. The average Bonchev–Trinajstić information content (AvgIpc) is 2.87. The van der Waals surface area contributed by atoms with Crippen LogP contribution in [0.1, 0.15) is 54.8 Å². The second kappa shape index (κ2) is 11.1. The molecule has 1 aliphatic carbocycles. The molecule has 32 heavy (non-hydrogen) atoms.